The van der Waals surface area contributed by atoms with Gasteiger partial charge in [0.25, 0.3) is 0 Å². The van der Waals surface area contributed by atoms with Crippen LogP contribution in [0, 0.1) is 5.92 Å². The third-order valence-corrected chi connectivity index (χ3v) is 4.52. The molecule has 2 heteroatoms. The van der Waals surface area contributed by atoms with Crippen molar-refractivity contribution in [2.45, 2.75) is 77.0 Å². The van der Waals surface area contributed by atoms with Crippen LogP contribution in [0.25, 0.3) is 0 Å². The first-order chi connectivity index (χ1) is 7.67. The van der Waals surface area contributed by atoms with Crippen LogP contribution < -0.4 is 5.32 Å². The molecule has 2 fully saturated rings. The Morgan fingerprint density at radius 2 is 2.12 bits per heavy atom. The lowest BCUT2D eigenvalue weighted by Gasteiger charge is -2.47. The molecule has 0 aromatic carbocycles. The van der Waals surface area contributed by atoms with Crippen molar-refractivity contribution in [1.29, 1.82) is 0 Å². The van der Waals surface area contributed by atoms with Gasteiger partial charge >= 0.3 is 0 Å². The van der Waals surface area contributed by atoms with Gasteiger partial charge in [0.15, 0.2) is 0 Å². The predicted octanol–water partition coefficient (Wildman–Crippen LogP) is 3.11. The predicted molar refractivity (Wildman–Crippen MR) is 67.6 cm³/mol. The lowest BCUT2D eigenvalue weighted by atomic mass is 9.79. The molecule has 0 spiro atoms. The van der Waals surface area contributed by atoms with E-state index in [1.54, 1.807) is 0 Å². The van der Waals surface area contributed by atoms with Crippen LogP contribution in [-0.2, 0) is 4.74 Å². The molecular formula is C14H27NO. The summed E-state index contributed by atoms with van der Waals surface area (Å²) in [6, 6.07) is 0.615. The van der Waals surface area contributed by atoms with Crippen molar-refractivity contribution in [3.05, 3.63) is 0 Å². The van der Waals surface area contributed by atoms with Gasteiger partial charge < -0.3 is 10.1 Å². The standard InChI is InChI=1S/C14H27NO/c1-4-6-11-7-8-13-12(9-11)15-14(3,5-2)10-16-13/h11-13,15H,4-10H2,1-3H3. The molecule has 1 saturated carbocycles. The van der Waals surface area contributed by atoms with Crippen LogP contribution >= 0.6 is 0 Å². The van der Waals surface area contributed by atoms with Gasteiger partial charge in [0.05, 0.1) is 12.7 Å². The maximum absolute atomic E-state index is 6.05. The third-order valence-electron chi connectivity index (χ3n) is 4.52. The van der Waals surface area contributed by atoms with Crippen molar-refractivity contribution in [2.24, 2.45) is 5.92 Å². The molecule has 0 bridgehead atoms. The van der Waals surface area contributed by atoms with Crippen molar-refractivity contribution in [2.75, 3.05) is 6.61 Å². The highest BCUT2D eigenvalue weighted by atomic mass is 16.5. The SMILES string of the molecule is CCCC1CCC2OCC(C)(CC)NC2C1. The van der Waals surface area contributed by atoms with Crippen LogP contribution in [0.5, 0.6) is 0 Å². The van der Waals surface area contributed by atoms with E-state index < -0.39 is 0 Å². The Kier molecular flexibility index (Phi) is 3.91. The summed E-state index contributed by atoms with van der Waals surface area (Å²) in [6.45, 7) is 7.74. The van der Waals surface area contributed by atoms with Gasteiger partial charge in [-0.2, -0.15) is 0 Å². The first-order valence-electron chi connectivity index (χ1n) is 7.06. The van der Waals surface area contributed by atoms with Gasteiger partial charge in [-0.05, 0) is 38.5 Å². The summed E-state index contributed by atoms with van der Waals surface area (Å²) < 4.78 is 6.05. The second-order valence-electron chi connectivity index (χ2n) is 5.98. The Morgan fingerprint density at radius 1 is 1.31 bits per heavy atom. The number of morpholine rings is 1. The highest BCUT2D eigenvalue weighted by Crippen LogP contribution is 2.34. The molecule has 0 aromatic heterocycles. The fourth-order valence-corrected chi connectivity index (χ4v) is 3.24. The fourth-order valence-electron chi connectivity index (χ4n) is 3.24. The van der Waals surface area contributed by atoms with E-state index in [4.69, 9.17) is 4.74 Å². The van der Waals surface area contributed by atoms with E-state index in [0.717, 1.165) is 18.9 Å². The molecule has 0 amide bonds. The van der Waals surface area contributed by atoms with Crippen molar-refractivity contribution in [3.8, 4) is 0 Å². The van der Waals surface area contributed by atoms with Crippen LogP contribution in [0.2, 0.25) is 0 Å². The van der Waals surface area contributed by atoms with E-state index in [2.05, 4.69) is 26.1 Å². The van der Waals surface area contributed by atoms with Gasteiger partial charge in [0.1, 0.15) is 0 Å². The zero-order chi connectivity index (χ0) is 11.6. The molecule has 1 aliphatic carbocycles. The summed E-state index contributed by atoms with van der Waals surface area (Å²) in [7, 11) is 0. The van der Waals surface area contributed by atoms with E-state index in [9.17, 15) is 0 Å². The molecule has 1 N–H and O–H groups in total. The molecular weight excluding hydrogens is 198 g/mol. The molecule has 94 valence electrons. The van der Waals surface area contributed by atoms with E-state index in [1.165, 1.54) is 32.1 Å². The monoisotopic (exact) mass is 225 g/mol. The molecule has 16 heavy (non-hydrogen) atoms. The van der Waals surface area contributed by atoms with E-state index in [-0.39, 0.29) is 5.54 Å². The van der Waals surface area contributed by atoms with Crippen molar-refractivity contribution in [3.63, 3.8) is 0 Å². The molecule has 1 aliphatic heterocycles. The maximum Gasteiger partial charge on any atom is 0.0729 e. The highest BCUT2D eigenvalue weighted by Gasteiger charge is 2.39. The third kappa shape index (κ3) is 2.60. The molecule has 2 aliphatic rings. The van der Waals surface area contributed by atoms with Gasteiger partial charge in [-0.25, -0.2) is 0 Å². The highest BCUT2D eigenvalue weighted by molar-refractivity contribution is 4.96. The number of fused-ring (bicyclic) bond motifs is 1. The van der Waals surface area contributed by atoms with E-state index in [1.807, 2.05) is 0 Å². The number of ether oxygens (including phenoxy) is 1. The minimum atomic E-state index is 0.218. The van der Waals surface area contributed by atoms with Crippen LogP contribution in [0.3, 0.4) is 0 Å². The molecule has 2 rings (SSSR count). The smallest absolute Gasteiger partial charge is 0.0729 e. The zero-order valence-electron chi connectivity index (χ0n) is 11.1. The summed E-state index contributed by atoms with van der Waals surface area (Å²) in [4.78, 5) is 0. The lowest BCUT2D eigenvalue weighted by Crippen LogP contribution is -2.62. The lowest BCUT2D eigenvalue weighted by molar-refractivity contribution is -0.0822. The van der Waals surface area contributed by atoms with Gasteiger partial charge in [-0.1, -0.05) is 26.7 Å². The minimum absolute atomic E-state index is 0.218. The average Bonchev–Trinajstić information content (AvgIpc) is 2.29. The number of nitrogens with one attached hydrogen (secondary N) is 1. The summed E-state index contributed by atoms with van der Waals surface area (Å²) in [6.07, 6.45) is 8.35. The van der Waals surface area contributed by atoms with Gasteiger partial charge in [0.2, 0.25) is 0 Å². The summed E-state index contributed by atoms with van der Waals surface area (Å²) in [5.74, 6) is 0.932. The summed E-state index contributed by atoms with van der Waals surface area (Å²) in [5.41, 5.74) is 0.218. The summed E-state index contributed by atoms with van der Waals surface area (Å²) >= 11 is 0. The van der Waals surface area contributed by atoms with Gasteiger partial charge in [-0.15, -0.1) is 0 Å². The van der Waals surface area contributed by atoms with Crippen LogP contribution in [-0.4, -0.2) is 24.3 Å². The Hall–Kier alpha value is -0.0800. The Labute approximate surface area is 100 Å². The quantitative estimate of drug-likeness (QED) is 0.797. The molecule has 4 atom stereocenters. The molecule has 2 nitrogen and oxygen atoms in total. The second-order valence-corrected chi connectivity index (χ2v) is 5.98. The zero-order valence-corrected chi connectivity index (χ0v) is 11.1. The topological polar surface area (TPSA) is 21.3 Å². The van der Waals surface area contributed by atoms with Crippen LogP contribution in [0.1, 0.15) is 59.3 Å². The van der Waals surface area contributed by atoms with Gasteiger partial charge in [-0.3, -0.25) is 0 Å². The first kappa shape index (κ1) is 12.4. The Balaban J connectivity index is 1.93. The largest absolute Gasteiger partial charge is 0.375 e. The molecule has 1 saturated heterocycles. The molecule has 4 unspecified atom stereocenters. The first-order valence-corrected chi connectivity index (χ1v) is 7.06. The average molecular weight is 225 g/mol. The minimum Gasteiger partial charge on any atom is -0.375 e. The number of rotatable bonds is 3. The maximum atomic E-state index is 6.05. The molecule has 1 heterocycles. The normalized spacial score (nSPS) is 44.1. The Morgan fingerprint density at radius 3 is 2.81 bits per heavy atom. The van der Waals surface area contributed by atoms with Gasteiger partial charge in [0, 0.05) is 11.6 Å². The fraction of sp³-hybridized carbons (Fsp3) is 1.00. The second kappa shape index (κ2) is 5.05. The summed E-state index contributed by atoms with van der Waals surface area (Å²) in [5, 5.41) is 3.84. The van der Waals surface area contributed by atoms with Crippen LogP contribution in [0.4, 0.5) is 0 Å². The number of hydrogen-bond acceptors (Lipinski definition) is 2. The Bertz CT molecular complexity index is 231. The number of hydrogen-bond donors (Lipinski definition) is 1. The molecule has 0 aromatic rings. The van der Waals surface area contributed by atoms with Crippen LogP contribution in [0.15, 0.2) is 0 Å². The van der Waals surface area contributed by atoms with E-state index >= 15 is 0 Å². The van der Waals surface area contributed by atoms with E-state index in [0.29, 0.717) is 12.1 Å². The van der Waals surface area contributed by atoms with Crippen molar-refractivity contribution in [1.82, 2.24) is 5.32 Å². The van der Waals surface area contributed by atoms with Crippen molar-refractivity contribution < 1.29 is 4.74 Å². The van der Waals surface area contributed by atoms with Crippen molar-refractivity contribution >= 4 is 0 Å². The molecule has 0 radical (unpaired) electrons.